The standard InChI is InChI=1S/C27H26N6O3S/c1-27(2,3)36-26(35)32-25-30-19-12-11-16(14-20(19)37-25)15-29-24(34)18-10-7-13-33-22(28)21(31-23(18)33)17-8-5-4-6-9-17/h4-14H,15,28H2,1-3H3,(H,29,34)(H,30,32,35). The van der Waals surface area contributed by atoms with Crippen LogP contribution in [0.5, 0.6) is 0 Å². The molecule has 2 aromatic carbocycles. The summed E-state index contributed by atoms with van der Waals surface area (Å²) >= 11 is 1.34. The van der Waals surface area contributed by atoms with Gasteiger partial charge in [0.05, 0.1) is 15.8 Å². The average molecular weight is 515 g/mol. The van der Waals surface area contributed by atoms with Crippen molar-refractivity contribution in [2.75, 3.05) is 11.1 Å². The van der Waals surface area contributed by atoms with Crippen LogP contribution in [0.4, 0.5) is 15.7 Å². The smallest absolute Gasteiger partial charge is 0.413 e. The number of nitrogens with two attached hydrogens (primary N) is 1. The highest BCUT2D eigenvalue weighted by Gasteiger charge is 2.19. The van der Waals surface area contributed by atoms with Crippen LogP contribution in [-0.4, -0.2) is 32.0 Å². The second kappa shape index (κ2) is 9.55. The summed E-state index contributed by atoms with van der Waals surface area (Å²) < 4.78 is 7.89. The van der Waals surface area contributed by atoms with E-state index in [0.717, 1.165) is 21.3 Å². The summed E-state index contributed by atoms with van der Waals surface area (Å²) in [6, 6.07) is 18.8. The number of anilines is 2. The lowest BCUT2D eigenvalue weighted by molar-refractivity contribution is 0.0635. The number of hydrogen-bond acceptors (Lipinski definition) is 7. The Kier molecular flexibility index (Phi) is 6.26. The lowest BCUT2D eigenvalue weighted by Crippen LogP contribution is -2.27. The van der Waals surface area contributed by atoms with Crippen molar-refractivity contribution in [3.63, 3.8) is 0 Å². The van der Waals surface area contributed by atoms with Crippen LogP contribution in [0.15, 0.2) is 66.9 Å². The van der Waals surface area contributed by atoms with E-state index >= 15 is 0 Å². The summed E-state index contributed by atoms with van der Waals surface area (Å²) in [6.45, 7) is 5.71. The molecule has 10 heteroatoms. The number of benzene rings is 2. The Hall–Kier alpha value is -4.44. The number of nitrogens with zero attached hydrogens (tertiary/aromatic N) is 3. The van der Waals surface area contributed by atoms with Gasteiger partial charge in [-0.3, -0.25) is 14.5 Å². The maximum absolute atomic E-state index is 13.1. The van der Waals surface area contributed by atoms with E-state index in [1.165, 1.54) is 11.3 Å². The first-order valence-electron chi connectivity index (χ1n) is 11.7. The molecule has 37 heavy (non-hydrogen) atoms. The largest absolute Gasteiger partial charge is 0.444 e. The van der Waals surface area contributed by atoms with E-state index in [4.69, 9.17) is 10.5 Å². The van der Waals surface area contributed by atoms with Gasteiger partial charge in [0.15, 0.2) is 10.8 Å². The van der Waals surface area contributed by atoms with Crippen LogP contribution < -0.4 is 16.4 Å². The molecule has 0 aliphatic heterocycles. The van der Waals surface area contributed by atoms with Crippen molar-refractivity contribution >= 4 is 50.2 Å². The highest BCUT2D eigenvalue weighted by molar-refractivity contribution is 7.22. The molecule has 9 nitrogen and oxygen atoms in total. The van der Waals surface area contributed by atoms with Crippen LogP contribution in [0.3, 0.4) is 0 Å². The van der Waals surface area contributed by atoms with Crippen LogP contribution in [0.2, 0.25) is 0 Å². The van der Waals surface area contributed by atoms with Crippen molar-refractivity contribution in [3.8, 4) is 11.3 Å². The predicted molar refractivity (Wildman–Crippen MR) is 146 cm³/mol. The van der Waals surface area contributed by atoms with Gasteiger partial charge in [0, 0.05) is 18.3 Å². The first-order valence-corrected chi connectivity index (χ1v) is 12.5. The maximum atomic E-state index is 13.1. The number of thiazole rings is 1. The molecule has 0 aliphatic carbocycles. The molecule has 3 aromatic heterocycles. The fourth-order valence-corrected chi connectivity index (χ4v) is 4.79. The number of nitrogens with one attached hydrogen (secondary N) is 2. The van der Waals surface area contributed by atoms with Gasteiger partial charge in [-0.1, -0.05) is 47.7 Å². The maximum Gasteiger partial charge on any atom is 0.413 e. The van der Waals surface area contributed by atoms with Crippen LogP contribution in [0.1, 0.15) is 36.7 Å². The van der Waals surface area contributed by atoms with Gasteiger partial charge in [0.1, 0.15) is 17.1 Å². The molecule has 5 aromatic rings. The van der Waals surface area contributed by atoms with Crippen molar-refractivity contribution in [2.45, 2.75) is 32.9 Å². The third-order valence-corrected chi connectivity index (χ3v) is 6.43. The van der Waals surface area contributed by atoms with E-state index in [1.807, 2.05) is 48.5 Å². The molecule has 0 saturated carbocycles. The van der Waals surface area contributed by atoms with E-state index < -0.39 is 11.7 Å². The summed E-state index contributed by atoms with van der Waals surface area (Å²) in [5.74, 6) is 0.217. The Morgan fingerprint density at radius 2 is 1.84 bits per heavy atom. The quantitative estimate of drug-likeness (QED) is 0.286. The molecule has 0 bridgehead atoms. The van der Waals surface area contributed by atoms with Gasteiger partial charge in [-0.2, -0.15) is 0 Å². The summed E-state index contributed by atoms with van der Waals surface area (Å²) in [5.41, 5.74) is 9.84. The minimum atomic E-state index is -0.596. The van der Waals surface area contributed by atoms with E-state index in [-0.39, 0.29) is 5.91 Å². The Morgan fingerprint density at radius 1 is 1.05 bits per heavy atom. The van der Waals surface area contributed by atoms with Crippen LogP contribution in [0, 0.1) is 0 Å². The molecule has 0 spiro atoms. The minimum absolute atomic E-state index is 0.258. The molecule has 0 fully saturated rings. The van der Waals surface area contributed by atoms with Crippen molar-refractivity contribution < 1.29 is 14.3 Å². The van der Waals surface area contributed by atoms with Crippen molar-refractivity contribution in [1.82, 2.24) is 19.7 Å². The molecule has 0 radical (unpaired) electrons. The van der Waals surface area contributed by atoms with E-state index in [1.54, 1.807) is 43.5 Å². The molecule has 0 saturated heterocycles. The Balaban J connectivity index is 1.32. The fourth-order valence-electron chi connectivity index (χ4n) is 3.87. The summed E-state index contributed by atoms with van der Waals surface area (Å²) in [7, 11) is 0. The van der Waals surface area contributed by atoms with Gasteiger partial charge < -0.3 is 15.8 Å². The zero-order chi connectivity index (χ0) is 26.2. The lowest BCUT2D eigenvalue weighted by Gasteiger charge is -2.18. The SMILES string of the molecule is CC(C)(C)OC(=O)Nc1nc2ccc(CNC(=O)c3cccn4c(N)c(-c5ccccc5)nc34)cc2s1. The van der Waals surface area contributed by atoms with Crippen LogP contribution in [-0.2, 0) is 11.3 Å². The van der Waals surface area contributed by atoms with E-state index in [0.29, 0.717) is 34.4 Å². The monoisotopic (exact) mass is 514 g/mol. The third-order valence-electron chi connectivity index (χ3n) is 5.49. The van der Waals surface area contributed by atoms with Crippen LogP contribution >= 0.6 is 11.3 Å². The normalized spacial score (nSPS) is 11.5. The molecule has 2 amide bonds. The van der Waals surface area contributed by atoms with Crippen molar-refractivity contribution in [2.24, 2.45) is 0 Å². The van der Waals surface area contributed by atoms with Crippen molar-refractivity contribution in [1.29, 1.82) is 0 Å². The molecule has 0 aliphatic rings. The molecule has 4 N–H and O–H groups in total. The van der Waals surface area contributed by atoms with E-state index in [2.05, 4.69) is 20.6 Å². The number of pyridine rings is 1. The topological polar surface area (TPSA) is 124 Å². The number of rotatable bonds is 5. The third kappa shape index (κ3) is 5.24. The number of nitrogen functional groups attached to an aromatic ring is 1. The predicted octanol–water partition coefficient (Wildman–Crippen LogP) is 5.47. The lowest BCUT2D eigenvalue weighted by atomic mass is 10.1. The highest BCUT2D eigenvalue weighted by Crippen LogP contribution is 2.29. The first-order chi connectivity index (χ1) is 17.7. The van der Waals surface area contributed by atoms with Gasteiger partial charge in [-0.15, -0.1) is 0 Å². The second-order valence-corrected chi connectivity index (χ2v) is 10.5. The number of carbonyl (C=O) groups is 2. The van der Waals surface area contributed by atoms with Crippen LogP contribution in [0.25, 0.3) is 27.1 Å². The minimum Gasteiger partial charge on any atom is -0.444 e. The molecule has 0 unspecified atom stereocenters. The molecule has 0 atom stereocenters. The van der Waals surface area contributed by atoms with Crippen molar-refractivity contribution in [3.05, 3.63) is 78.0 Å². The fraction of sp³-hybridized carbons (Fsp3) is 0.185. The Bertz CT molecular complexity index is 1620. The molecular weight excluding hydrogens is 488 g/mol. The number of carbonyl (C=O) groups excluding carboxylic acids is 2. The molecular formula is C27H26N6O3S. The second-order valence-electron chi connectivity index (χ2n) is 9.46. The van der Waals surface area contributed by atoms with Gasteiger partial charge >= 0.3 is 6.09 Å². The van der Waals surface area contributed by atoms with Gasteiger partial charge in [0.2, 0.25) is 0 Å². The van der Waals surface area contributed by atoms with Gasteiger partial charge in [0.25, 0.3) is 5.91 Å². The molecule has 188 valence electrons. The number of aromatic nitrogens is 3. The number of imidazole rings is 1. The average Bonchev–Trinajstić information content (AvgIpc) is 3.41. The number of ether oxygens (including phenoxy) is 1. The summed E-state index contributed by atoms with van der Waals surface area (Å²) in [6.07, 6.45) is 1.24. The van der Waals surface area contributed by atoms with Gasteiger partial charge in [-0.25, -0.2) is 14.8 Å². The first kappa shape index (κ1) is 24.3. The summed E-state index contributed by atoms with van der Waals surface area (Å²) in [5, 5.41) is 6.09. The Labute approximate surface area is 217 Å². The zero-order valence-corrected chi connectivity index (χ0v) is 21.4. The number of amides is 2. The highest BCUT2D eigenvalue weighted by atomic mass is 32.1. The van der Waals surface area contributed by atoms with Gasteiger partial charge in [-0.05, 0) is 50.6 Å². The zero-order valence-electron chi connectivity index (χ0n) is 20.6. The molecule has 5 rings (SSSR count). The van der Waals surface area contributed by atoms with E-state index in [9.17, 15) is 9.59 Å². The summed E-state index contributed by atoms with van der Waals surface area (Å²) in [4.78, 5) is 34.3. The number of fused-ring (bicyclic) bond motifs is 2. The molecule has 3 heterocycles. The Morgan fingerprint density at radius 3 is 2.59 bits per heavy atom. The number of hydrogen-bond donors (Lipinski definition) is 3.